The highest BCUT2D eigenvalue weighted by Gasteiger charge is 2.42. The van der Waals surface area contributed by atoms with Crippen molar-refractivity contribution in [1.82, 2.24) is 15.1 Å². The molecular weight excluding hydrogens is 396 g/mol. The lowest BCUT2D eigenvalue weighted by Gasteiger charge is -2.32. The minimum absolute atomic E-state index is 0.0315. The van der Waals surface area contributed by atoms with E-state index in [9.17, 15) is 18.8 Å². The van der Waals surface area contributed by atoms with E-state index in [4.69, 9.17) is 4.74 Å². The van der Waals surface area contributed by atoms with Crippen molar-refractivity contribution < 1.29 is 27.9 Å². The Morgan fingerprint density at radius 3 is 2.57 bits per heavy atom. The van der Waals surface area contributed by atoms with E-state index in [1.54, 1.807) is 7.11 Å². The maximum absolute atomic E-state index is 15.4. The molecule has 3 aliphatic rings. The van der Waals surface area contributed by atoms with E-state index < -0.39 is 35.4 Å². The first-order valence-corrected chi connectivity index (χ1v) is 10.3. The van der Waals surface area contributed by atoms with Crippen LogP contribution < -0.4 is 5.32 Å². The van der Waals surface area contributed by atoms with Crippen LogP contribution in [0.5, 0.6) is 0 Å². The van der Waals surface area contributed by atoms with Crippen molar-refractivity contribution in [1.29, 1.82) is 0 Å². The monoisotopic (exact) mass is 421 g/mol. The lowest BCUT2D eigenvalue weighted by Crippen LogP contribution is -2.52. The largest absolute Gasteiger partial charge is 0.383 e. The van der Waals surface area contributed by atoms with Gasteiger partial charge in [-0.2, -0.15) is 0 Å². The maximum Gasteiger partial charge on any atom is 0.255 e. The molecule has 3 amide bonds. The highest BCUT2D eigenvalue weighted by atomic mass is 19.1. The fourth-order valence-corrected chi connectivity index (χ4v) is 4.69. The van der Waals surface area contributed by atoms with Gasteiger partial charge in [0.15, 0.2) is 0 Å². The Morgan fingerprint density at radius 1 is 1.17 bits per heavy atom. The van der Waals surface area contributed by atoms with Crippen molar-refractivity contribution in [3.8, 4) is 0 Å². The summed E-state index contributed by atoms with van der Waals surface area (Å²) >= 11 is 0. The Kier molecular flexibility index (Phi) is 5.84. The zero-order valence-corrected chi connectivity index (χ0v) is 16.9. The van der Waals surface area contributed by atoms with E-state index >= 15 is 4.39 Å². The molecule has 0 spiro atoms. The smallest absolute Gasteiger partial charge is 0.255 e. The van der Waals surface area contributed by atoms with Crippen LogP contribution in [-0.2, 0) is 20.9 Å². The van der Waals surface area contributed by atoms with Crippen LogP contribution in [0.4, 0.5) is 8.78 Å². The van der Waals surface area contributed by atoms with Gasteiger partial charge in [-0.3, -0.25) is 19.7 Å². The van der Waals surface area contributed by atoms with Crippen molar-refractivity contribution >= 4 is 17.7 Å². The molecule has 0 bridgehead atoms. The number of ether oxygens (including phenoxy) is 1. The number of likely N-dealkylation sites (tertiary alicyclic amines) is 1. The number of methoxy groups -OCH3 is 1. The van der Waals surface area contributed by atoms with Crippen LogP contribution in [0.1, 0.15) is 53.1 Å². The number of carbonyl (C=O) groups is 3. The first-order valence-electron chi connectivity index (χ1n) is 10.3. The summed E-state index contributed by atoms with van der Waals surface area (Å²) in [5, 5.41) is 2.21. The Bertz CT molecular complexity index is 883. The Hall–Kier alpha value is -2.39. The van der Waals surface area contributed by atoms with Crippen LogP contribution >= 0.6 is 0 Å². The van der Waals surface area contributed by atoms with Crippen molar-refractivity contribution in [3.63, 3.8) is 0 Å². The lowest BCUT2D eigenvalue weighted by atomic mass is 9.86. The number of nitrogens with zero attached hydrogens (tertiary/aromatic N) is 2. The first kappa shape index (κ1) is 20.9. The van der Waals surface area contributed by atoms with E-state index in [0.717, 1.165) is 25.7 Å². The molecule has 3 heterocycles. The molecule has 0 aromatic heterocycles. The van der Waals surface area contributed by atoms with Gasteiger partial charge in [0.1, 0.15) is 17.7 Å². The lowest BCUT2D eigenvalue weighted by molar-refractivity contribution is -0.136. The molecule has 4 rings (SSSR count). The molecule has 1 N–H and O–H groups in total. The zero-order chi connectivity index (χ0) is 21.4. The Morgan fingerprint density at radius 2 is 1.90 bits per heavy atom. The summed E-state index contributed by atoms with van der Waals surface area (Å²) in [5.74, 6) is -3.18. The van der Waals surface area contributed by atoms with Crippen LogP contribution in [0.2, 0.25) is 0 Å². The van der Waals surface area contributed by atoms with Gasteiger partial charge in [0, 0.05) is 31.2 Å². The molecule has 0 radical (unpaired) electrons. The molecule has 3 aliphatic heterocycles. The third-order valence-corrected chi connectivity index (χ3v) is 6.37. The molecule has 30 heavy (non-hydrogen) atoms. The van der Waals surface area contributed by atoms with Gasteiger partial charge in [-0.15, -0.1) is 0 Å². The Balaban J connectivity index is 1.54. The number of amides is 3. The number of hydrogen-bond acceptors (Lipinski definition) is 5. The third kappa shape index (κ3) is 3.72. The molecule has 1 aromatic carbocycles. The number of hydrogen-bond donors (Lipinski definition) is 1. The Labute approximate surface area is 173 Å². The van der Waals surface area contributed by atoms with Gasteiger partial charge in [0.2, 0.25) is 11.8 Å². The summed E-state index contributed by atoms with van der Waals surface area (Å²) in [5.41, 5.74) is 0.150. The SMILES string of the molecule is COCCN1CCC(c2c(F)cc3c(c2F)CN(C2CCC(=O)NC2=O)C3=O)CC1. The van der Waals surface area contributed by atoms with Crippen LogP contribution in [0.15, 0.2) is 6.07 Å². The van der Waals surface area contributed by atoms with Crippen LogP contribution in [0.25, 0.3) is 0 Å². The van der Waals surface area contributed by atoms with Gasteiger partial charge >= 0.3 is 0 Å². The highest BCUT2D eigenvalue weighted by molar-refractivity contribution is 6.05. The second-order valence-electron chi connectivity index (χ2n) is 8.12. The number of carbonyl (C=O) groups excluding carboxylic acids is 3. The standard InChI is InChI=1S/C21H25F2N3O4/c1-30-9-8-25-6-4-12(5-7-25)18-15(22)10-13-14(19(18)23)11-26(21(13)29)16-2-3-17(27)24-20(16)28/h10,12,16H,2-9,11H2,1H3,(H,24,27,28). The van der Waals surface area contributed by atoms with Gasteiger partial charge < -0.3 is 14.5 Å². The van der Waals surface area contributed by atoms with E-state index in [2.05, 4.69) is 10.2 Å². The second-order valence-corrected chi connectivity index (χ2v) is 8.12. The summed E-state index contributed by atoms with van der Waals surface area (Å²) < 4.78 is 35.4. The fourth-order valence-electron chi connectivity index (χ4n) is 4.69. The highest BCUT2D eigenvalue weighted by Crippen LogP contribution is 2.38. The number of fused-ring (bicyclic) bond motifs is 1. The van der Waals surface area contributed by atoms with Gasteiger partial charge in [-0.05, 0) is 44.3 Å². The third-order valence-electron chi connectivity index (χ3n) is 6.37. The zero-order valence-electron chi connectivity index (χ0n) is 16.9. The number of piperidine rings is 2. The average molecular weight is 421 g/mol. The number of rotatable bonds is 5. The normalized spacial score (nSPS) is 23.1. The molecule has 0 saturated carbocycles. The minimum atomic E-state index is -0.850. The molecule has 162 valence electrons. The second kappa shape index (κ2) is 8.39. The fraction of sp³-hybridized carbons (Fsp3) is 0.571. The average Bonchev–Trinajstić information content (AvgIpc) is 3.04. The van der Waals surface area contributed by atoms with Crippen molar-refractivity contribution in [3.05, 3.63) is 34.4 Å². The molecule has 0 aliphatic carbocycles. The summed E-state index contributed by atoms with van der Waals surface area (Å²) in [6.07, 6.45) is 1.55. The molecule has 2 saturated heterocycles. The molecule has 2 fully saturated rings. The first-order chi connectivity index (χ1) is 14.4. The van der Waals surface area contributed by atoms with Gasteiger partial charge in [-0.25, -0.2) is 8.78 Å². The topological polar surface area (TPSA) is 79.0 Å². The quantitative estimate of drug-likeness (QED) is 0.730. The predicted molar refractivity (Wildman–Crippen MR) is 103 cm³/mol. The molecule has 7 nitrogen and oxygen atoms in total. The number of nitrogens with one attached hydrogen (secondary N) is 1. The maximum atomic E-state index is 15.4. The van der Waals surface area contributed by atoms with Crippen LogP contribution in [-0.4, -0.2) is 66.9 Å². The van der Waals surface area contributed by atoms with E-state index in [1.807, 2.05) is 0 Å². The van der Waals surface area contributed by atoms with Crippen LogP contribution in [0.3, 0.4) is 0 Å². The molecule has 9 heteroatoms. The minimum Gasteiger partial charge on any atom is -0.383 e. The number of benzene rings is 1. The molecule has 1 atom stereocenters. The van der Waals surface area contributed by atoms with Gasteiger partial charge in [-0.1, -0.05) is 0 Å². The van der Waals surface area contributed by atoms with E-state index in [0.29, 0.717) is 19.4 Å². The number of imide groups is 1. The summed E-state index contributed by atoms with van der Waals surface area (Å²) in [7, 11) is 1.64. The van der Waals surface area contributed by atoms with Crippen molar-refractivity contribution in [2.75, 3.05) is 33.4 Å². The van der Waals surface area contributed by atoms with Crippen LogP contribution in [0, 0.1) is 11.6 Å². The number of halogens is 2. The predicted octanol–water partition coefficient (Wildman–Crippen LogP) is 1.55. The molecular formula is C21H25F2N3O4. The van der Waals surface area contributed by atoms with Crippen molar-refractivity contribution in [2.45, 2.75) is 44.2 Å². The molecule has 1 aromatic rings. The van der Waals surface area contributed by atoms with Gasteiger partial charge in [0.25, 0.3) is 5.91 Å². The van der Waals surface area contributed by atoms with Gasteiger partial charge in [0.05, 0.1) is 18.7 Å². The summed E-state index contributed by atoms with van der Waals surface area (Å²) in [6, 6.07) is 0.261. The summed E-state index contributed by atoms with van der Waals surface area (Å²) in [6.45, 7) is 2.77. The van der Waals surface area contributed by atoms with Crippen molar-refractivity contribution in [2.24, 2.45) is 0 Å². The molecule has 1 unspecified atom stereocenters. The van der Waals surface area contributed by atoms with E-state index in [-0.39, 0.29) is 42.0 Å². The summed E-state index contributed by atoms with van der Waals surface area (Å²) in [4.78, 5) is 39.7. The van der Waals surface area contributed by atoms with E-state index in [1.165, 1.54) is 4.90 Å².